The van der Waals surface area contributed by atoms with Crippen LogP contribution in [-0.2, 0) is 0 Å². The monoisotopic (exact) mass is 403 g/mol. The van der Waals surface area contributed by atoms with E-state index in [1.807, 2.05) is 37.3 Å². The molecule has 5 heteroatoms. The van der Waals surface area contributed by atoms with Crippen LogP contribution < -0.4 is 5.73 Å². The van der Waals surface area contributed by atoms with Gasteiger partial charge in [0.1, 0.15) is 0 Å². The standard InChI is InChI=1S/C14H15Br2NOS/c1-8-6-12(19-14(8)16)13(18)10(7-17)9-4-2-3-5-11(9)15/h2-6,10,13,18H,7,17H2,1H3. The number of aliphatic hydroxyl groups excluding tert-OH is 1. The highest BCUT2D eigenvalue weighted by atomic mass is 79.9. The van der Waals surface area contributed by atoms with Crippen LogP contribution in [0.5, 0.6) is 0 Å². The van der Waals surface area contributed by atoms with E-state index in [-0.39, 0.29) is 5.92 Å². The summed E-state index contributed by atoms with van der Waals surface area (Å²) >= 11 is 8.58. The SMILES string of the molecule is Cc1cc(C(O)C(CN)c2ccccc2Br)sc1Br. The van der Waals surface area contributed by atoms with Gasteiger partial charge in [-0.05, 0) is 46.1 Å². The van der Waals surface area contributed by atoms with E-state index in [0.29, 0.717) is 6.54 Å². The van der Waals surface area contributed by atoms with Gasteiger partial charge in [-0.1, -0.05) is 34.1 Å². The Morgan fingerprint density at radius 1 is 1.32 bits per heavy atom. The minimum atomic E-state index is -0.585. The van der Waals surface area contributed by atoms with E-state index >= 15 is 0 Å². The van der Waals surface area contributed by atoms with Gasteiger partial charge in [0.2, 0.25) is 0 Å². The zero-order valence-electron chi connectivity index (χ0n) is 10.4. The molecule has 19 heavy (non-hydrogen) atoms. The molecule has 0 bridgehead atoms. The normalized spacial score (nSPS) is 14.4. The molecule has 0 saturated carbocycles. The maximum atomic E-state index is 10.6. The van der Waals surface area contributed by atoms with Crippen molar-refractivity contribution in [2.45, 2.75) is 18.9 Å². The van der Waals surface area contributed by atoms with Crippen LogP contribution in [0.15, 0.2) is 38.6 Å². The van der Waals surface area contributed by atoms with Crippen molar-refractivity contribution in [1.29, 1.82) is 0 Å². The molecule has 0 aliphatic rings. The molecule has 2 rings (SSSR count). The predicted molar refractivity (Wildman–Crippen MR) is 87.7 cm³/mol. The summed E-state index contributed by atoms with van der Waals surface area (Å²) in [7, 11) is 0. The molecule has 0 aliphatic carbocycles. The molecule has 0 saturated heterocycles. The molecule has 2 atom stereocenters. The zero-order chi connectivity index (χ0) is 14.0. The van der Waals surface area contributed by atoms with Gasteiger partial charge in [0.25, 0.3) is 0 Å². The van der Waals surface area contributed by atoms with Crippen molar-refractivity contribution in [1.82, 2.24) is 0 Å². The first kappa shape index (κ1) is 15.2. The van der Waals surface area contributed by atoms with E-state index in [1.165, 1.54) is 0 Å². The molecule has 3 N–H and O–H groups in total. The third-order valence-corrected chi connectivity index (χ3v) is 6.04. The first-order chi connectivity index (χ1) is 9.04. The van der Waals surface area contributed by atoms with Crippen LogP contribution >= 0.6 is 43.2 Å². The average molecular weight is 405 g/mol. The van der Waals surface area contributed by atoms with Crippen LogP contribution in [0.3, 0.4) is 0 Å². The summed E-state index contributed by atoms with van der Waals surface area (Å²) in [6.45, 7) is 2.42. The van der Waals surface area contributed by atoms with Gasteiger partial charge in [0, 0.05) is 21.8 Å². The largest absolute Gasteiger partial charge is 0.387 e. The Kier molecular flexibility index (Phi) is 5.20. The molecule has 0 spiro atoms. The number of thiophene rings is 1. The lowest BCUT2D eigenvalue weighted by molar-refractivity contribution is 0.151. The Morgan fingerprint density at radius 3 is 2.53 bits per heavy atom. The van der Waals surface area contributed by atoms with Gasteiger partial charge in [-0.15, -0.1) is 11.3 Å². The van der Waals surface area contributed by atoms with Crippen molar-refractivity contribution in [3.8, 4) is 0 Å². The van der Waals surface area contributed by atoms with Crippen LogP contribution in [0.4, 0.5) is 0 Å². The Morgan fingerprint density at radius 2 is 2.00 bits per heavy atom. The summed E-state index contributed by atoms with van der Waals surface area (Å²) in [5.74, 6) is -0.111. The second-order valence-corrected chi connectivity index (χ2v) is 7.67. The number of aliphatic hydroxyl groups is 1. The highest BCUT2D eigenvalue weighted by molar-refractivity contribution is 9.11. The van der Waals surface area contributed by atoms with Crippen LogP contribution in [0.2, 0.25) is 0 Å². The van der Waals surface area contributed by atoms with Gasteiger partial charge >= 0.3 is 0 Å². The van der Waals surface area contributed by atoms with E-state index in [4.69, 9.17) is 5.73 Å². The van der Waals surface area contributed by atoms with E-state index in [9.17, 15) is 5.11 Å². The van der Waals surface area contributed by atoms with Crippen molar-refractivity contribution in [2.24, 2.45) is 5.73 Å². The van der Waals surface area contributed by atoms with E-state index < -0.39 is 6.10 Å². The lowest BCUT2D eigenvalue weighted by atomic mass is 9.92. The summed E-state index contributed by atoms with van der Waals surface area (Å²) in [6.07, 6.45) is -0.585. The number of hydrogen-bond donors (Lipinski definition) is 2. The summed E-state index contributed by atoms with van der Waals surface area (Å²) in [5.41, 5.74) is 8.05. The van der Waals surface area contributed by atoms with Crippen LogP contribution in [0.25, 0.3) is 0 Å². The number of halogens is 2. The zero-order valence-corrected chi connectivity index (χ0v) is 14.4. The van der Waals surface area contributed by atoms with Crippen molar-refractivity contribution < 1.29 is 5.11 Å². The van der Waals surface area contributed by atoms with Gasteiger partial charge in [0.05, 0.1) is 9.89 Å². The molecule has 0 aliphatic heterocycles. The Bertz CT molecular complexity index is 551. The molecular formula is C14H15Br2NOS. The van der Waals surface area contributed by atoms with Crippen molar-refractivity contribution >= 4 is 43.2 Å². The Labute approximate surface area is 133 Å². The molecule has 1 heterocycles. The molecule has 1 aromatic carbocycles. The molecule has 1 aromatic heterocycles. The smallest absolute Gasteiger partial charge is 0.0963 e. The number of hydrogen-bond acceptors (Lipinski definition) is 3. The molecule has 0 amide bonds. The first-order valence-corrected chi connectivity index (χ1v) is 8.33. The average Bonchev–Trinajstić information content (AvgIpc) is 2.73. The summed E-state index contributed by atoms with van der Waals surface area (Å²) in [4.78, 5) is 0.940. The highest BCUT2D eigenvalue weighted by Gasteiger charge is 2.25. The van der Waals surface area contributed by atoms with Gasteiger partial charge in [-0.3, -0.25) is 0 Å². The van der Waals surface area contributed by atoms with Crippen LogP contribution in [-0.4, -0.2) is 11.7 Å². The molecular weight excluding hydrogens is 390 g/mol. The summed E-state index contributed by atoms with van der Waals surface area (Å²) in [6, 6.07) is 9.91. The highest BCUT2D eigenvalue weighted by Crippen LogP contribution is 2.39. The Balaban J connectivity index is 2.34. The van der Waals surface area contributed by atoms with Crippen molar-refractivity contribution in [2.75, 3.05) is 6.54 Å². The van der Waals surface area contributed by atoms with Gasteiger partial charge in [-0.25, -0.2) is 0 Å². The third kappa shape index (κ3) is 3.28. The number of aryl methyl sites for hydroxylation is 1. The number of rotatable bonds is 4. The maximum Gasteiger partial charge on any atom is 0.0963 e. The van der Waals surface area contributed by atoms with Crippen LogP contribution in [0.1, 0.15) is 28.0 Å². The molecule has 2 aromatic rings. The lowest BCUT2D eigenvalue weighted by Gasteiger charge is -2.22. The molecule has 0 radical (unpaired) electrons. The van der Waals surface area contributed by atoms with Gasteiger partial charge in [-0.2, -0.15) is 0 Å². The first-order valence-electron chi connectivity index (χ1n) is 5.93. The fraction of sp³-hybridized carbons (Fsp3) is 0.286. The fourth-order valence-corrected chi connectivity index (χ4v) is 4.23. The topological polar surface area (TPSA) is 46.2 Å². The van der Waals surface area contributed by atoms with E-state index in [0.717, 1.165) is 24.3 Å². The van der Waals surface area contributed by atoms with E-state index in [2.05, 4.69) is 31.9 Å². The second kappa shape index (κ2) is 6.50. The minimum Gasteiger partial charge on any atom is -0.387 e. The predicted octanol–water partition coefficient (Wildman–Crippen LogP) is 4.36. The number of benzene rings is 1. The van der Waals surface area contributed by atoms with Gasteiger partial charge < -0.3 is 10.8 Å². The van der Waals surface area contributed by atoms with E-state index in [1.54, 1.807) is 11.3 Å². The summed E-state index contributed by atoms with van der Waals surface area (Å²) < 4.78 is 2.04. The maximum absolute atomic E-state index is 10.6. The molecule has 0 fully saturated rings. The van der Waals surface area contributed by atoms with Crippen LogP contribution in [0, 0.1) is 6.92 Å². The molecule has 102 valence electrons. The molecule has 2 nitrogen and oxygen atoms in total. The second-order valence-electron chi connectivity index (χ2n) is 4.41. The van der Waals surface area contributed by atoms with Crippen molar-refractivity contribution in [3.63, 3.8) is 0 Å². The summed E-state index contributed by atoms with van der Waals surface area (Å²) in [5, 5.41) is 10.6. The fourth-order valence-electron chi connectivity index (χ4n) is 2.03. The third-order valence-electron chi connectivity index (χ3n) is 3.11. The molecule has 2 unspecified atom stereocenters. The van der Waals surface area contributed by atoms with Gasteiger partial charge in [0.15, 0.2) is 0 Å². The number of nitrogens with two attached hydrogens (primary N) is 1. The quantitative estimate of drug-likeness (QED) is 0.795. The minimum absolute atomic E-state index is 0.111. The lowest BCUT2D eigenvalue weighted by Crippen LogP contribution is -2.20. The Hall–Kier alpha value is -0.200. The van der Waals surface area contributed by atoms with Crippen molar-refractivity contribution in [3.05, 3.63) is 54.6 Å².